The number of benzene rings is 1. The highest BCUT2D eigenvalue weighted by Crippen LogP contribution is 2.30. The lowest BCUT2D eigenvalue weighted by Gasteiger charge is -2.25. The zero-order chi connectivity index (χ0) is 13.1. The minimum atomic E-state index is 0.125. The van der Waals surface area contributed by atoms with Crippen molar-refractivity contribution >= 4 is 39.1 Å². The summed E-state index contributed by atoms with van der Waals surface area (Å²) in [7, 11) is 0. The maximum absolute atomic E-state index is 12.1. The van der Waals surface area contributed by atoms with Crippen LogP contribution in [0, 0.1) is 11.8 Å². The van der Waals surface area contributed by atoms with Gasteiger partial charge in [-0.2, -0.15) is 0 Å². The summed E-state index contributed by atoms with van der Waals surface area (Å²) in [6, 6.07) is 5.48. The first kappa shape index (κ1) is 13.9. The van der Waals surface area contributed by atoms with E-state index in [1.165, 1.54) is 0 Å². The second-order valence-corrected chi connectivity index (χ2v) is 6.34. The van der Waals surface area contributed by atoms with Crippen molar-refractivity contribution in [3.05, 3.63) is 27.7 Å². The van der Waals surface area contributed by atoms with Gasteiger partial charge in [-0.25, -0.2) is 0 Å². The molecule has 0 saturated heterocycles. The Kier molecular flexibility index (Phi) is 4.68. The number of halogens is 2. The Bertz CT molecular complexity index is 441. The van der Waals surface area contributed by atoms with Crippen LogP contribution in [0.1, 0.15) is 32.6 Å². The molecule has 0 heterocycles. The topological polar surface area (TPSA) is 29.1 Å². The van der Waals surface area contributed by atoms with Crippen LogP contribution in [0.3, 0.4) is 0 Å². The summed E-state index contributed by atoms with van der Waals surface area (Å²) in [5.41, 5.74) is 0.770. The van der Waals surface area contributed by atoms with E-state index in [4.69, 9.17) is 11.6 Å². The van der Waals surface area contributed by atoms with E-state index in [1.54, 1.807) is 6.07 Å². The van der Waals surface area contributed by atoms with E-state index in [0.29, 0.717) is 5.02 Å². The molecule has 0 bridgehead atoms. The highest BCUT2D eigenvalue weighted by atomic mass is 79.9. The van der Waals surface area contributed by atoms with Crippen LogP contribution in [-0.4, -0.2) is 5.91 Å². The van der Waals surface area contributed by atoms with E-state index in [0.717, 1.165) is 41.8 Å². The third-order valence-corrected chi connectivity index (χ3v) is 4.81. The van der Waals surface area contributed by atoms with Gasteiger partial charge in [-0.05, 0) is 65.7 Å². The molecule has 0 unspecified atom stereocenters. The number of amides is 1. The molecule has 0 atom stereocenters. The lowest BCUT2D eigenvalue weighted by Crippen LogP contribution is -2.26. The minimum absolute atomic E-state index is 0.125. The summed E-state index contributed by atoms with van der Waals surface area (Å²) >= 11 is 9.34. The number of carbonyl (C=O) groups excluding carboxylic acids is 1. The lowest BCUT2D eigenvalue weighted by molar-refractivity contribution is -0.121. The molecule has 1 amide bonds. The standard InChI is InChI=1S/C14H17BrClNO/c1-9-2-4-10(5-3-9)14(18)17-11-6-7-12(15)13(16)8-11/h6-10H,2-5H2,1H3,(H,17,18). The predicted molar refractivity (Wildman–Crippen MR) is 78.9 cm³/mol. The molecule has 2 rings (SSSR count). The molecule has 1 aliphatic carbocycles. The van der Waals surface area contributed by atoms with Crippen molar-refractivity contribution in [3.63, 3.8) is 0 Å². The molecule has 2 nitrogen and oxygen atoms in total. The van der Waals surface area contributed by atoms with E-state index in [1.807, 2.05) is 12.1 Å². The van der Waals surface area contributed by atoms with Crippen molar-refractivity contribution in [2.45, 2.75) is 32.6 Å². The van der Waals surface area contributed by atoms with Crippen LogP contribution in [0.4, 0.5) is 5.69 Å². The highest BCUT2D eigenvalue weighted by Gasteiger charge is 2.24. The Morgan fingerprint density at radius 3 is 2.61 bits per heavy atom. The monoisotopic (exact) mass is 329 g/mol. The molecule has 1 saturated carbocycles. The van der Waals surface area contributed by atoms with E-state index in [9.17, 15) is 4.79 Å². The molecule has 0 aliphatic heterocycles. The van der Waals surface area contributed by atoms with Crippen molar-refractivity contribution in [2.75, 3.05) is 5.32 Å². The summed E-state index contributed by atoms with van der Waals surface area (Å²) in [5, 5.41) is 3.57. The Balaban J connectivity index is 1.96. The fraction of sp³-hybridized carbons (Fsp3) is 0.500. The van der Waals surface area contributed by atoms with Gasteiger partial charge in [0.1, 0.15) is 0 Å². The van der Waals surface area contributed by atoms with Gasteiger partial charge in [-0.3, -0.25) is 4.79 Å². The van der Waals surface area contributed by atoms with Crippen LogP contribution >= 0.6 is 27.5 Å². The van der Waals surface area contributed by atoms with Gasteiger partial charge in [0.25, 0.3) is 0 Å². The Labute approximate surface area is 121 Å². The third-order valence-electron chi connectivity index (χ3n) is 3.57. The van der Waals surface area contributed by atoms with Crippen LogP contribution in [0.15, 0.2) is 22.7 Å². The fourth-order valence-electron chi connectivity index (χ4n) is 2.34. The average Bonchev–Trinajstić information content (AvgIpc) is 2.34. The molecule has 4 heteroatoms. The molecule has 1 N–H and O–H groups in total. The summed E-state index contributed by atoms with van der Waals surface area (Å²) < 4.78 is 0.841. The quantitative estimate of drug-likeness (QED) is 0.823. The van der Waals surface area contributed by atoms with E-state index in [-0.39, 0.29) is 11.8 Å². The van der Waals surface area contributed by atoms with E-state index >= 15 is 0 Å². The molecule has 1 fully saturated rings. The van der Waals surface area contributed by atoms with Crippen LogP contribution in [0.2, 0.25) is 5.02 Å². The second-order valence-electron chi connectivity index (χ2n) is 5.07. The second kappa shape index (κ2) is 6.07. The largest absolute Gasteiger partial charge is 0.326 e. The summed E-state index contributed by atoms with van der Waals surface area (Å²) in [6.07, 6.45) is 4.30. The maximum atomic E-state index is 12.1. The Morgan fingerprint density at radius 1 is 1.33 bits per heavy atom. The smallest absolute Gasteiger partial charge is 0.227 e. The lowest BCUT2D eigenvalue weighted by atomic mass is 9.82. The van der Waals surface area contributed by atoms with Gasteiger partial charge in [-0.15, -0.1) is 0 Å². The number of anilines is 1. The highest BCUT2D eigenvalue weighted by molar-refractivity contribution is 9.10. The average molecular weight is 331 g/mol. The first-order valence-electron chi connectivity index (χ1n) is 6.32. The molecule has 0 radical (unpaired) electrons. The Hall–Kier alpha value is -0.540. The van der Waals surface area contributed by atoms with Crippen LogP contribution in [0.5, 0.6) is 0 Å². The SMILES string of the molecule is CC1CCC(C(=O)Nc2ccc(Br)c(Cl)c2)CC1. The van der Waals surface area contributed by atoms with Crippen LogP contribution in [-0.2, 0) is 4.79 Å². The summed E-state index contributed by atoms with van der Waals surface area (Å²) in [6.45, 7) is 2.25. The molecule has 1 aromatic carbocycles. The van der Waals surface area contributed by atoms with Crippen molar-refractivity contribution in [3.8, 4) is 0 Å². The molecular formula is C14H17BrClNO. The molecule has 1 aliphatic rings. The van der Waals surface area contributed by atoms with Gasteiger partial charge in [0.2, 0.25) is 5.91 Å². The molecule has 1 aromatic rings. The van der Waals surface area contributed by atoms with Gasteiger partial charge >= 0.3 is 0 Å². The molecule has 0 aromatic heterocycles. The Morgan fingerprint density at radius 2 is 2.00 bits per heavy atom. The molecular weight excluding hydrogens is 314 g/mol. The number of nitrogens with one attached hydrogen (secondary N) is 1. The van der Waals surface area contributed by atoms with Crippen molar-refractivity contribution in [1.82, 2.24) is 0 Å². The van der Waals surface area contributed by atoms with Gasteiger partial charge in [0, 0.05) is 16.1 Å². The van der Waals surface area contributed by atoms with Gasteiger partial charge < -0.3 is 5.32 Å². The number of rotatable bonds is 2. The molecule has 0 spiro atoms. The minimum Gasteiger partial charge on any atom is -0.326 e. The summed E-state index contributed by atoms with van der Waals surface area (Å²) in [4.78, 5) is 12.1. The zero-order valence-electron chi connectivity index (χ0n) is 10.4. The molecule has 98 valence electrons. The van der Waals surface area contributed by atoms with Gasteiger partial charge in [-0.1, -0.05) is 18.5 Å². The number of carbonyl (C=O) groups is 1. The van der Waals surface area contributed by atoms with E-state index < -0.39 is 0 Å². The normalized spacial score (nSPS) is 23.7. The van der Waals surface area contributed by atoms with Crippen LogP contribution in [0.25, 0.3) is 0 Å². The van der Waals surface area contributed by atoms with Gasteiger partial charge in [0.15, 0.2) is 0 Å². The van der Waals surface area contributed by atoms with Crippen molar-refractivity contribution in [2.24, 2.45) is 11.8 Å². The third kappa shape index (κ3) is 3.48. The zero-order valence-corrected chi connectivity index (χ0v) is 12.7. The van der Waals surface area contributed by atoms with Crippen molar-refractivity contribution < 1.29 is 4.79 Å². The molecule has 18 heavy (non-hydrogen) atoms. The van der Waals surface area contributed by atoms with Crippen LogP contribution < -0.4 is 5.32 Å². The van der Waals surface area contributed by atoms with Crippen molar-refractivity contribution in [1.29, 1.82) is 0 Å². The predicted octanol–water partition coefficient (Wildman–Crippen LogP) is 4.87. The number of hydrogen-bond donors (Lipinski definition) is 1. The van der Waals surface area contributed by atoms with Gasteiger partial charge in [0.05, 0.1) is 5.02 Å². The number of hydrogen-bond acceptors (Lipinski definition) is 1. The summed E-state index contributed by atoms with van der Waals surface area (Å²) in [5.74, 6) is 1.04. The first-order valence-corrected chi connectivity index (χ1v) is 7.49. The first-order chi connectivity index (χ1) is 8.56. The maximum Gasteiger partial charge on any atom is 0.227 e. The fourth-order valence-corrected chi connectivity index (χ4v) is 2.77. The van der Waals surface area contributed by atoms with E-state index in [2.05, 4.69) is 28.2 Å².